The van der Waals surface area contributed by atoms with Gasteiger partial charge < -0.3 is 17.1 Å². The number of carbonyl (C=O) groups excluding carboxylic acids is 1. The Kier molecular flexibility index (Phi) is 6.08. The van der Waals surface area contributed by atoms with Crippen molar-refractivity contribution in [1.82, 2.24) is 0 Å². The molecule has 0 aliphatic carbocycles. The summed E-state index contributed by atoms with van der Waals surface area (Å²) >= 11 is 5.84. The summed E-state index contributed by atoms with van der Waals surface area (Å²) < 4.78 is 6.98. The second-order valence-electron chi connectivity index (χ2n) is 3.30. The highest BCUT2D eigenvalue weighted by Crippen LogP contribution is 2.19. The van der Waals surface area contributed by atoms with Crippen molar-refractivity contribution in [3.8, 4) is 5.75 Å². The molecule has 0 saturated carbocycles. The first-order chi connectivity index (χ1) is 7.02. The average Bonchev–Trinajstić information content (AvgIpc) is 2.18. The largest absolute Gasteiger partial charge is 1.00 e. The number of ether oxygens (including phenoxy) is 1. The topological polar surface area (TPSA) is 29.3 Å². The summed E-state index contributed by atoms with van der Waals surface area (Å²) in [4.78, 5) is 11.3. The standard InChI is InChI=1S/C11H13ClNO2.ClH/c1-8(14)9-6-4-5-7-10(9)15-11(12)13(2)3;/h4-7H,1-3H3;1H/q+1;/p-1. The summed E-state index contributed by atoms with van der Waals surface area (Å²) in [7, 11) is 3.53. The Morgan fingerprint density at radius 3 is 2.38 bits per heavy atom. The lowest BCUT2D eigenvalue weighted by Gasteiger charge is -2.04. The molecular formula is C11H13Cl2NO2. The van der Waals surface area contributed by atoms with E-state index in [1.165, 1.54) is 6.92 Å². The summed E-state index contributed by atoms with van der Waals surface area (Å²) in [6.45, 7) is 1.49. The molecule has 0 spiro atoms. The van der Waals surface area contributed by atoms with Crippen molar-refractivity contribution < 1.29 is 26.5 Å². The van der Waals surface area contributed by atoms with Crippen LogP contribution in [0.15, 0.2) is 24.3 Å². The maximum atomic E-state index is 11.3. The van der Waals surface area contributed by atoms with E-state index in [2.05, 4.69) is 0 Å². The van der Waals surface area contributed by atoms with E-state index in [0.717, 1.165) is 0 Å². The van der Waals surface area contributed by atoms with Crippen LogP contribution in [-0.2, 0) is 0 Å². The highest BCUT2D eigenvalue weighted by atomic mass is 35.5. The van der Waals surface area contributed by atoms with Gasteiger partial charge in [0.2, 0.25) is 0 Å². The van der Waals surface area contributed by atoms with Crippen LogP contribution in [0, 0.1) is 0 Å². The minimum atomic E-state index is -0.0474. The lowest BCUT2D eigenvalue weighted by Crippen LogP contribution is -3.00. The van der Waals surface area contributed by atoms with Crippen molar-refractivity contribution in [3.63, 3.8) is 0 Å². The Hall–Kier alpha value is -1.06. The van der Waals surface area contributed by atoms with Crippen molar-refractivity contribution >= 4 is 22.7 Å². The zero-order valence-electron chi connectivity index (χ0n) is 9.33. The molecule has 0 heterocycles. The summed E-state index contributed by atoms with van der Waals surface area (Å²) in [5.41, 5.74) is 0.525. The van der Waals surface area contributed by atoms with E-state index >= 15 is 0 Å². The Morgan fingerprint density at radius 2 is 1.88 bits per heavy atom. The van der Waals surface area contributed by atoms with Crippen LogP contribution in [-0.4, -0.2) is 29.8 Å². The molecule has 0 radical (unpaired) electrons. The van der Waals surface area contributed by atoms with Crippen LogP contribution < -0.4 is 17.1 Å². The number of halogens is 2. The molecule has 0 bridgehead atoms. The van der Waals surface area contributed by atoms with E-state index in [1.54, 1.807) is 42.9 Å². The molecule has 1 aromatic rings. The second-order valence-corrected chi connectivity index (χ2v) is 3.63. The molecule has 1 rings (SSSR count). The van der Waals surface area contributed by atoms with Gasteiger partial charge in [-0.3, -0.25) is 4.79 Å². The highest BCUT2D eigenvalue weighted by Gasteiger charge is 2.12. The van der Waals surface area contributed by atoms with Crippen LogP contribution in [0.1, 0.15) is 17.3 Å². The first-order valence-corrected chi connectivity index (χ1v) is 4.87. The summed E-state index contributed by atoms with van der Waals surface area (Å²) in [6.07, 6.45) is 0. The quantitative estimate of drug-likeness (QED) is 0.300. The van der Waals surface area contributed by atoms with Crippen molar-refractivity contribution in [2.24, 2.45) is 0 Å². The van der Waals surface area contributed by atoms with Gasteiger partial charge in [0.1, 0.15) is 19.8 Å². The van der Waals surface area contributed by atoms with Gasteiger partial charge in [-0.05, 0) is 19.1 Å². The molecule has 0 fully saturated rings. The predicted octanol–water partition coefficient (Wildman–Crippen LogP) is -0.861. The third-order valence-electron chi connectivity index (χ3n) is 1.81. The first kappa shape index (κ1) is 14.9. The van der Waals surface area contributed by atoms with E-state index in [0.29, 0.717) is 11.3 Å². The summed E-state index contributed by atoms with van der Waals surface area (Å²) in [5, 5.41) is 0.226. The third kappa shape index (κ3) is 3.83. The van der Waals surface area contributed by atoms with Gasteiger partial charge in [0.05, 0.1) is 5.56 Å². The van der Waals surface area contributed by atoms with E-state index in [9.17, 15) is 4.79 Å². The minimum Gasteiger partial charge on any atom is -1.00 e. The Labute approximate surface area is 106 Å². The fourth-order valence-corrected chi connectivity index (χ4v) is 1.11. The van der Waals surface area contributed by atoms with Gasteiger partial charge in [-0.25, -0.2) is 0 Å². The molecule has 5 heteroatoms. The van der Waals surface area contributed by atoms with Crippen LogP contribution >= 0.6 is 11.6 Å². The molecule has 16 heavy (non-hydrogen) atoms. The van der Waals surface area contributed by atoms with Gasteiger partial charge in [-0.15, -0.1) is 0 Å². The lowest BCUT2D eigenvalue weighted by atomic mass is 10.1. The number of ketones is 1. The molecule has 0 aliphatic heterocycles. The zero-order chi connectivity index (χ0) is 11.4. The maximum absolute atomic E-state index is 11.3. The third-order valence-corrected chi connectivity index (χ3v) is 2.23. The fraction of sp³-hybridized carbons (Fsp3) is 0.273. The highest BCUT2D eigenvalue weighted by molar-refractivity contribution is 6.61. The fourth-order valence-electron chi connectivity index (χ4n) is 1.03. The zero-order valence-corrected chi connectivity index (χ0v) is 10.8. The molecule has 88 valence electrons. The van der Waals surface area contributed by atoms with E-state index in [-0.39, 0.29) is 23.5 Å². The van der Waals surface area contributed by atoms with Crippen molar-refractivity contribution in [2.45, 2.75) is 6.92 Å². The summed E-state index contributed by atoms with van der Waals surface area (Å²) in [5.74, 6) is 0.428. The molecule has 3 nitrogen and oxygen atoms in total. The molecule has 0 amide bonds. The van der Waals surface area contributed by atoms with Crippen molar-refractivity contribution in [1.29, 1.82) is 0 Å². The van der Waals surface area contributed by atoms with Crippen molar-refractivity contribution in [3.05, 3.63) is 29.8 Å². The molecule has 0 atom stereocenters. The number of hydrogen-bond acceptors (Lipinski definition) is 2. The van der Waals surface area contributed by atoms with Crippen LogP contribution in [0.2, 0.25) is 0 Å². The maximum Gasteiger partial charge on any atom is 0.444 e. The number of para-hydroxylation sites is 1. The number of rotatable bonds is 2. The SMILES string of the molecule is CC(=O)c1ccccc1OC(Cl)=[N+](C)C.[Cl-]. The number of Topliss-reactive ketones (excluding diaryl/α,β-unsaturated/α-hetero) is 1. The second kappa shape index (κ2) is 6.51. The lowest BCUT2D eigenvalue weighted by molar-refractivity contribution is -0.469. The molecule has 0 N–H and O–H groups in total. The van der Waals surface area contributed by atoms with Crippen LogP contribution in [0.4, 0.5) is 0 Å². The average molecular weight is 262 g/mol. The van der Waals surface area contributed by atoms with Gasteiger partial charge >= 0.3 is 5.36 Å². The molecule has 0 aliphatic rings. The van der Waals surface area contributed by atoms with Gasteiger partial charge in [0, 0.05) is 11.6 Å². The Balaban J connectivity index is 0.00000225. The first-order valence-electron chi connectivity index (χ1n) is 4.50. The summed E-state index contributed by atoms with van der Waals surface area (Å²) in [6, 6.07) is 6.99. The molecule has 0 saturated heterocycles. The van der Waals surface area contributed by atoms with E-state index in [4.69, 9.17) is 16.3 Å². The van der Waals surface area contributed by atoms with Gasteiger partial charge in [-0.2, -0.15) is 4.58 Å². The number of carbonyl (C=O) groups is 1. The molecular weight excluding hydrogens is 249 g/mol. The van der Waals surface area contributed by atoms with E-state index < -0.39 is 0 Å². The van der Waals surface area contributed by atoms with Crippen LogP contribution in [0.5, 0.6) is 5.75 Å². The normalized spacial score (nSPS) is 9.00. The monoisotopic (exact) mass is 261 g/mol. The molecule has 0 unspecified atom stereocenters. The number of benzene rings is 1. The number of hydrogen-bond donors (Lipinski definition) is 0. The van der Waals surface area contributed by atoms with E-state index in [1.807, 2.05) is 0 Å². The predicted molar refractivity (Wildman–Crippen MR) is 60.0 cm³/mol. The smallest absolute Gasteiger partial charge is 0.444 e. The van der Waals surface area contributed by atoms with Gasteiger partial charge in [-0.1, -0.05) is 12.1 Å². The minimum absolute atomic E-state index is 0. The van der Waals surface area contributed by atoms with Crippen LogP contribution in [0.3, 0.4) is 0 Å². The molecule has 1 aromatic carbocycles. The Bertz CT molecular complexity index is 412. The van der Waals surface area contributed by atoms with Gasteiger partial charge in [0.25, 0.3) is 0 Å². The van der Waals surface area contributed by atoms with Gasteiger partial charge in [0.15, 0.2) is 5.78 Å². The van der Waals surface area contributed by atoms with Crippen LogP contribution in [0.25, 0.3) is 0 Å². The van der Waals surface area contributed by atoms with Crippen molar-refractivity contribution in [2.75, 3.05) is 14.1 Å². The Morgan fingerprint density at radius 1 is 1.31 bits per heavy atom. The number of nitrogens with zero attached hydrogens (tertiary/aromatic N) is 1. The molecule has 0 aromatic heterocycles.